The zero-order valence-electron chi connectivity index (χ0n) is 10.2. The van der Waals surface area contributed by atoms with Crippen LogP contribution >= 0.6 is 0 Å². The Labute approximate surface area is 103 Å². The van der Waals surface area contributed by atoms with E-state index < -0.39 is 0 Å². The minimum Gasteiger partial charge on any atom is -0.508 e. The summed E-state index contributed by atoms with van der Waals surface area (Å²) in [7, 11) is 0. The molecule has 1 nitrogen and oxygen atoms in total. The molecule has 0 aromatic heterocycles. The van der Waals surface area contributed by atoms with Crippen LogP contribution in [0, 0.1) is 17.8 Å². The van der Waals surface area contributed by atoms with Crippen LogP contribution in [0.5, 0.6) is 5.75 Å². The van der Waals surface area contributed by atoms with Crippen molar-refractivity contribution < 1.29 is 5.11 Å². The highest BCUT2D eigenvalue weighted by Gasteiger charge is 2.51. The first-order valence-corrected chi connectivity index (χ1v) is 7.03. The van der Waals surface area contributed by atoms with E-state index in [2.05, 4.69) is 12.1 Å². The van der Waals surface area contributed by atoms with Gasteiger partial charge >= 0.3 is 0 Å². The molecule has 0 aliphatic heterocycles. The van der Waals surface area contributed by atoms with Crippen molar-refractivity contribution in [1.82, 2.24) is 0 Å². The molecule has 0 unspecified atom stereocenters. The molecule has 0 spiro atoms. The monoisotopic (exact) mass is 228 g/mol. The molecule has 1 aromatic carbocycles. The maximum absolute atomic E-state index is 9.44. The van der Waals surface area contributed by atoms with Gasteiger partial charge in [0.1, 0.15) is 5.75 Å². The van der Waals surface area contributed by atoms with Gasteiger partial charge in [0.05, 0.1) is 0 Å². The summed E-state index contributed by atoms with van der Waals surface area (Å²) in [6, 6.07) is 8.08. The molecule has 90 valence electrons. The van der Waals surface area contributed by atoms with Crippen LogP contribution in [-0.2, 0) is 5.41 Å². The molecule has 5 rings (SSSR count). The molecule has 1 N–H and O–H groups in total. The van der Waals surface area contributed by atoms with Crippen LogP contribution in [-0.4, -0.2) is 5.11 Å². The summed E-state index contributed by atoms with van der Waals surface area (Å²) >= 11 is 0. The molecular formula is C16H20O. The van der Waals surface area contributed by atoms with E-state index >= 15 is 0 Å². The Morgan fingerprint density at radius 2 is 1.29 bits per heavy atom. The number of benzene rings is 1. The second-order valence-electron chi connectivity index (χ2n) is 6.74. The molecule has 4 aliphatic rings. The van der Waals surface area contributed by atoms with E-state index in [1.54, 1.807) is 0 Å². The minimum absolute atomic E-state index is 0.401. The summed E-state index contributed by atoms with van der Waals surface area (Å²) in [5, 5.41) is 9.44. The Bertz CT molecular complexity index is 396. The number of phenols is 1. The van der Waals surface area contributed by atoms with Crippen LogP contribution in [0.4, 0.5) is 0 Å². The quantitative estimate of drug-likeness (QED) is 0.774. The topological polar surface area (TPSA) is 20.2 Å². The molecule has 1 heteroatoms. The fourth-order valence-corrected chi connectivity index (χ4v) is 5.28. The Balaban J connectivity index is 1.74. The highest BCUT2D eigenvalue weighted by atomic mass is 16.3. The molecule has 0 radical (unpaired) electrons. The molecule has 1 aromatic rings. The molecule has 4 saturated carbocycles. The lowest BCUT2D eigenvalue weighted by molar-refractivity contribution is -0.00520. The third kappa shape index (κ3) is 1.44. The highest BCUT2D eigenvalue weighted by molar-refractivity contribution is 5.33. The lowest BCUT2D eigenvalue weighted by Crippen LogP contribution is -2.48. The summed E-state index contributed by atoms with van der Waals surface area (Å²) in [6.07, 6.45) is 8.71. The number of phenolic OH excluding ortho intramolecular Hbond substituents is 1. The Kier molecular flexibility index (Phi) is 1.93. The summed E-state index contributed by atoms with van der Waals surface area (Å²) in [4.78, 5) is 0. The van der Waals surface area contributed by atoms with Gasteiger partial charge in [-0.15, -0.1) is 0 Å². The third-order valence-electron chi connectivity index (χ3n) is 5.52. The van der Waals surface area contributed by atoms with Crippen molar-refractivity contribution in [2.45, 2.75) is 43.9 Å². The van der Waals surface area contributed by atoms with Gasteiger partial charge in [-0.05, 0) is 79.4 Å². The van der Waals surface area contributed by atoms with Gasteiger partial charge in [-0.25, -0.2) is 0 Å². The van der Waals surface area contributed by atoms with E-state index in [-0.39, 0.29) is 0 Å². The Morgan fingerprint density at radius 1 is 0.824 bits per heavy atom. The van der Waals surface area contributed by atoms with Gasteiger partial charge in [-0.3, -0.25) is 0 Å². The van der Waals surface area contributed by atoms with Gasteiger partial charge < -0.3 is 5.11 Å². The molecule has 0 amide bonds. The normalized spacial score (nSPS) is 42.9. The molecular weight excluding hydrogens is 208 g/mol. The summed E-state index contributed by atoms with van der Waals surface area (Å²) in [5.74, 6) is 3.39. The standard InChI is InChI=1S/C16H20O/c17-15-3-1-14(2-4-15)16-8-11-5-12(9-16)7-13(6-11)10-16/h1-4,11-13,17H,5-10H2/t11-,12-,13?,16-/m0/s1. The predicted molar refractivity (Wildman–Crippen MR) is 68.0 cm³/mol. The second-order valence-corrected chi connectivity index (χ2v) is 6.74. The van der Waals surface area contributed by atoms with Gasteiger partial charge in [0.25, 0.3) is 0 Å². The summed E-state index contributed by atoms with van der Waals surface area (Å²) < 4.78 is 0. The van der Waals surface area contributed by atoms with Crippen LogP contribution in [0.3, 0.4) is 0 Å². The van der Waals surface area contributed by atoms with Crippen molar-refractivity contribution in [3.63, 3.8) is 0 Å². The first-order chi connectivity index (χ1) is 8.23. The van der Waals surface area contributed by atoms with Crippen LogP contribution < -0.4 is 0 Å². The van der Waals surface area contributed by atoms with E-state index in [0.717, 1.165) is 17.8 Å². The predicted octanol–water partition coefficient (Wildman–Crippen LogP) is 3.86. The fraction of sp³-hybridized carbons (Fsp3) is 0.625. The minimum atomic E-state index is 0.401. The van der Waals surface area contributed by atoms with Gasteiger partial charge in [0.15, 0.2) is 0 Å². The van der Waals surface area contributed by atoms with Crippen LogP contribution in [0.1, 0.15) is 44.1 Å². The van der Waals surface area contributed by atoms with Crippen LogP contribution in [0.2, 0.25) is 0 Å². The van der Waals surface area contributed by atoms with Crippen LogP contribution in [0.15, 0.2) is 24.3 Å². The second kappa shape index (κ2) is 3.28. The number of hydrogen-bond acceptors (Lipinski definition) is 1. The fourth-order valence-electron chi connectivity index (χ4n) is 5.28. The largest absolute Gasteiger partial charge is 0.508 e. The molecule has 0 atom stereocenters. The molecule has 0 saturated heterocycles. The average Bonchev–Trinajstić information content (AvgIpc) is 2.27. The van der Waals surface area contributed by atoms with Gasteiger partial charge in [0.2, 0.25) is 0 Å². The molecule has 4 bridgehead atoms. The molecule has 4 aliphatic carbocycles. The third-order valence-corrected chi connectivity index (χ3v) is 5.52. The zero-order chi connectivity index (χ0) is 11.5. The first-order valence-electron chi connectivity index (χ1n) is 7.03. The van der Waals surface area contributed by atoms with E-state index in [4.69, 9.17) is 0 Å². The van der Waals surface area contributed by atoms with Gasteiger partial charge in [-0.2, -0.15) is 0 Å². The number of rotatable bonds is 1. The lowest BCUT2D eigenvalue weighted by Gasteiger charge is -2.57. The van der Waals surface area contributed by atoms with Crippen molar-refractivity contribution in [2.75, 3.05) is 0 Å². The van der Waals surface area contributed by atoms with E-state index in [9.17, 15) is 5.11 Å². The molecule has 17 heavy (non-hydrogen) atoms. The van der Waals surface area contributed by atoms with E-state index in [0.29, 0.717) is 11.2 Å². The summed E-state index contributed by atoms with van der Waals surface area (Å²) in [6.45, 7) is 0. The van der Waals surface area contributed by atoms with Crippen LogP contribution in [0.25, 0.3) is 0 Å². The SMILES string of the molecule is Oc1ccc([C@]23CC4C[C@H](C[C@@H](C4)C2)C3)cc1. The average molecular weight is 228 g/mol. The maximum atomic E-state index is 9.44. The van der Waals surface area contributed by atoms with Crippen molar-refractivity contribution >= 4 is 0 Å². The zero-order valence-corrected chi connectivity index (χ0v) is 10.2. The van der Waals surface area contributed by atoms with Gasteiger partial charge in [-0.1, -0.05) is 12.1 Å². The Morgan fingerprint density at radius 3 is 1.76 bits per heavy atom. The van der Waals surface area contributed by atoms with Crippen molar-refractivity contribution in [3.8, 4) is 5.75 Å². The molecule has 4 fully saturated rings. The maximum Gasteiger partial charge on any atom is 0.115 e. The number of aromatic hydroxyl groups is 1. The van der Waals surface area contributed by atoms with E-state index in [1.165, 1.54) is 44.1 Å². The Hall–Kier alpha value is -0.980. The van der Waals surface area contributed by atoms with E-state index in [1.807, 2.05) is 12.1 Å². The first kappa shape index (κ1) is 9.99. The molecule has 0 heterocycles. The van der Waals surface area contributed by atoms with Crippen molar-refractivity contribution in [2.24, 2.45) is 17.8 Å². The number of hydrogen-bond donors (Lipinski definition) is 1. The highest BCUT2D eigenvalue weighted by Crippen LogP contribution is 2.60. The van der Waals surface area contributed by atoms with Crippen molar-refractivity contribution in [1.29, 1.82) is 0 Å². The lowest BCUT2D eigenvalue weighted by atomic mass is 9.48. The van der Waals surface area contributed by atoms with Gasteiger partial charge in [0, 0.05) is 0 Å². The summed E-state index contributed by atoms with van der Waals surface area (Å²) in [5.41, 5.74) is 1.97. The van der Waals surface area contributed by atoms with Crippen molar-refractivity contribution in [3.05, 3.63) is 29.8 Å². The smallest absolute Gasteiger partial charge is 0.115 e.